The maximum absolute atomic E-state index is 11.1. The maximum Gasteiger partial charge on any atom is 0.318 e. The number of nitrogens with one attached hydrogen (secondary N) is 1. The number of nitro benzene ring substituents is 2. The predicted molar refractivity (Wildman–Crippen MR) is 112 cm³/mol. The number of phenols is 2. The number of aromatic nitrogens is 2. The molecule has 0 saturated carbocycles. The first kappa shape index (κ1) is 19.5. The van der Waals surface area contributed by atoms with E-state index in [-0.39, 0.29) is 11.3 Å². The fourth-order valence-corrected chi connectivity index (χ4v) is 2.99. The van der Waals surface area contributed by atoms with Crippen molar-refractivity contribution in [2.75, 3.05) is 0 Å². The summed E-state index contributed by atoms with van der Waals surface area (Å²) in [6.07, 6.45) is 1.07. The van der Waals surface area contributed by atoms with Crippen LogP contribution in [0.1, 0.15) is 5.56 Å². The number of aromatic amines is 1. The third kappa shape index (κ3) is 3.74. The topological polar surface area (TPSA) is 168 Å². The Balaban J connectivity index is 1.74. The number of benzene rings is 3. The number of hydrogen-bond donors (Lipinski definition) is 3. The van der Waals surface area contributed by atoms with Crippen LogP contribution >= 0.6 is 0 Å². The van der Waals surface area contributed by atoms with Gasteiger partial charge < -0.3 is 15.2 Å². The number of H-pyrrole nitrogens is 1. The zero-order chi connectivity index (χ0) is 22.1. The molecule has 0 aliphatic heterocycles. The molecule has 0 amide bonds. The second-order valence-corrected chi connectivity index (χ2v) is 6.48. The number of nitro groups is 2. The first-order valence-electron chi connectivity index (χ1n) is 8.81. The van der Waals surface area contributed by atoms with Crippen molar-refractivity contribution in [3.63, 3.8) is 0 Å². The number of aliphatic imine (C=N–C) groups is 1. The van der Waals surface area contributed by atoms with E-state index in [2.05, 4.69) is 15.0 Å². The monoisotopic (exact) mass is 419 g/mol. The minimum absolute atomic E-state index is 0.0492. The van der Waals surface area contributed by atoms with E-state index in [1.54, 1.807) is 0 Å². The number of aromatic hydroxyl groups is 2. The van der Waals surface area contributed by atoms with Crippen LogP contribution < -0.4 is 0 Å². The molecule has 0 fully saturated rings. The van der Waals surface area contributed by atoms with E-state index in [1.807, 2.05) is 24.3 Å². The average Bonchev–Trinajstić information content (AvgIpc) is 3.17. The van der Waals surface area contributed by atoms with Crippen LogP contribution in [0.5, 0.6) is 11.5 Å². The van der Waals surface area contributed by atoms with Gasteiger partial charge >= 0.3 is 5.69 Å². The molecule has 11 heteroatoms. The van der Waals surface area contributed by atoms with Crippen molar-refractivity contribution in [2.45, 2.75) is 0 Å². The molecule has 0 unspecified atom stereocenters. The normalized spacial score (nSPS) is 11.2. The Kier molecular flexibility index (Phi) is 4.76. The van der Waals surface area contributed by atoms with Crippen molar-refractivity contribution in [2.24, 2.45) is 4.99 Å². The molecular formula is C20H13N5O6. The maximum atomic E-state index is 11.1. The van der Waals surface area contributed by atoms with Gasteiger partial charge in [0.25, 0.3) is 5.69 Å². The summed E-state index contributed by atoms with van der Waals surface area (Å²) in [7, 11) is 0. The quantitative estimate of drug-likeness (QED) is 0.247. The number of nitrogens with zero attached hydrogens (tertiary/aromatic N) is 4. The predicted octanol–water partition coefficient (Wildman–Crippen LogP) is 4.21. The molecule has 0 aliphatic rings. The molecule has 3 aromatic carbocycles. The lowest BCUT2D eigenvalue weighted by Gasteiger charge is -2.04. The van der Waals surface area contributed by atoms with E-state index < -0.39 is 27.0 Å². The van der Waals surface area contributed by atoms with Crippen molar-refractivity contribution >= 4 is 34.3 Å². The van der Waals surface area contributed by atoms with Crippen molar-refractivity contribution in [3.8, 4) is 22.9 Å². The first-order chi connectivity index (χ1) is 14.8. The highest BCUT2D eigenvalue weighted by molar-refractivity contribution is 5.89. The number of para-hydroxylation sites is 2. The molecule has 0 aliphatic carbocycles. The Morgan fingerprint density at radius 3 is 2.48 bits per heavy atom. The van der Waals surface area contributed by atoms with Crippen LogP contribution in [0.2, 0.25) is 0 Å². The third-order valence-corrected chi connectivity index (χ3v) is 4.49. The number of imidazole rings is 1. The molecule has 4 aromatic rings. The third-order valence-electron chi connectivity index (χ3n) is 4.49. The van der Waals surface area contributed by atoms with Crippen molar-refractivity contribution in [1.29, 1.82) is 0 Å². The van der Waals surface area contributed by atoms with Crippen LogP contribution in [0.3, 0.4) is 0 Å². The van der Waals surface area contributed by atoms with Crippen molar-refractivity contribution < 1.29 is 20.1 Å². The lowest BCUT2D eigenvalue weighted by atomic mass is 10.1. The Labute approximate surface area is 173 Å². The lowest BCUT2D eigenvalue weighted by Crippen LogP contribution is -1.96. The molecule has 11 nitrogen and oxygen atoms in total. The van der Waals surface area contributed by atoms with E-state index in [0.29, 0.717) is 28.7 Å². The summed E-state index contributed by atoms with van der Waals surface area (Å²) in [5.41, 5.74) is 0.615. The van der Waals surface area contributed by atoms with Gasteiger partial charge in [-0.3, -0.25) is 25.2 Å². The molecule has 31 heavy (non-hydrogen) atoms. The van der Waals surface area contributed by atoms with Crippen LogP contribution in [0.25, 0.3) is 22.4 Å². The van der Waals surface area contributed by atoms with Crippen LogP contribution in [0, 0.1) is 20.2 Å². The van der Waals surface area contributed by atoms with Gasteiger partial charge in [0.05, 0.1) is 38.2 Å². The Bertz CT molecular complexity index is 1350. The van der Waals surface area contributed by atoms with Gasteiger partial charge in [0, 0.05) is 17.8 Å². The van der Waals surface area contributed by atoms with E-state index in [4.69, 9.17) is 0 Å². The molecule has 1 aromatic heterocycles. The molecule has 154 valence electrons. The minimum atomic E-state index is -0.917. The molecule has 0 bridgehead atoms. The first-order valence-corrected chi connectivity index (χ1v) is 8.81. The molecule has 1 heterocycles. The summed E-state index contributed by atoms with van der Waals surface area (Å²) < 4.78 is 0. The number of rotatable bonds is 5. The molecule has 0 atom stereocenters. The average molecular weight is 419 g/mol. The molecule has 0 spiro atoms. The molecule has 0 saturated heterocycles. The number of non-ortho nitro benzene ring substituents is 1. The summed E-state index contributed by atoms with van der Waals surface area (Å²) in [5.74, 6) is -0.382. The lowest BCUT2D eigenvalue weighted by molar-refractivity contribution is -0.394. The smallest absolute Gasteiger partial charge is 0.318 e. The fraction of sp³-hybridized carbons (Fsp3) is 0. The summed E-state index contributed by atoms with van der Waals surface area (Å²) in [4.78, 5) is 32.1. The SMILES string of the molecule is O=[N+]([O-])c1cc(C=Nc2ccc(O)c(-c3nc4ccccc4[nH]3)c2)c(O)c([N+](=O)[O-])c1. The molecule has 4 rings (SSSR count). The molecular weight excluding hydrogens is 406 g/mol. The van der Waals surface area contributed by atoms with Crippen LogP contribution in [0.15, 0.2) is 59.6 Å². The van der Waals surface area contributed by atoms with Gasteiger partial charge in [-0.2, -0.15) is 0 Å². The van der Waals surface area contributed by atoms with Gasteiger partial charge in [0.2, 0.25) is 5.75 Å². The second-order valence-electron chi connectivity index (χ2n) is 6.48. The molecule has 3 N–H and O–H groups in total. The summed E-state index contributed by atoms with van der Waals surface area (Å²) in [6, 6.07) is 13.4. The Hall–Kier alpha value is -4.80. The highest BCUT2D eigenvalue weighted by atomic mass is 16.6. The summed E-state index contributed by atoms with van der Waals surface area (Å²) in [6.45, 7) is 0. The van der Waals surface area contributed by atoms with E-state index in [9.17, 15) is 30.4 Å². The van der Waals surface area contributed by atoms with Crippen molar-refractivity contribution in [1.82, 2.24) is 9.97 Å². The zero-order valence-electron chi connectivity index (χ0n) is 15.6. The number of hydrogen-bond acceptors (Lipinski definition) is 8. The fourth-order valence-electron chi connectivity index (χ4n) is 2.99. The van der Waals surface area contributed by atoms with E-state index >= 15 is 0 Å². The van der Waals surface area contributed by atoms with Gasteiger partial charge in [-0.05, 0) is 30.3 Å². The minimum Gasteiger partial charge on any atom is -0.507 e. The van der Waals surface area contributed by atoms with Crippen LogP contribution in [0.4, 0.5) is 17.1 Å². The van der Waals surface area contributed by atoms with Crippen LogP contribution in [-0.4, -0.2) is 36.2 Å². The Morgan fingerprint density at radius 1 is 1.00 bits per heavy atom. The van der Waals surface area contributed by atoms with Gasteiger partial charge in [-0.25, -0.2) is 4.98 Å². The van der Waals surface area contributed by atoms with Crippen molar-refractivity contribution in [3.05, 3.63) is 80.4 Å². The van der Waals surface area contributed by atoms with E-state index in [0.717, 1.165) is 17.8 Å². The highest BCUT2D eigenvalue weighted by Crippen LogP contribution is 2.35. The number of fused-ring (bicyclic) bond motifs is 1. The summed E-state index contributed by atoms with van der Waals surface area (Å²) >= 11 is 0. The molecule has 0 radical (unpaired) electrons. The zero-order valence-corrected chi connectivity index (χ0v) is 15.6. The van der Waals surface area contributed by atoms with Gasteiger partial charge in [0.1, 0.15) is 11.6 Å². The van der Waals surface area contributed by atoms with Gasteiger partial charge in [-0.1, -0.05) is 12.1 Å². The standard InChI is InChI=1S/C20H13N5O6/c26-18-6-5-12(8-14(18)20-22-15-3-1-2-4-16(15)23-20)21-10-11-7-13(24(28)29)9-17(19(11)27)25(30)31/h1-10,26-27H,(H,22,23). The largest absolute Gasteiger partial charge is 0.507 e. The highest BCUT2D eigenvalue weighted by Gasteiger charge is 2.23. The van der Waals surface area contributed by atoms with Gasteiger partial charge in [0.15, 0.2) is 0 Å². The number of phenolic OH excluding ortho intramolecular Hbond substituents is 2. The van der Waals surface area contributed by atoms with E-state index in [1.165, 1.54) is 18.2 Å². The summed E-state index contributed by atoms with van der Waals surface area (Å²) in [5, 5.41) is 42.4. The Morgan fingerprint density at radius 2 is 1.77 bits per heavy atom. The van der Waals surface area contributed by atoms with Crippen LogP contribution in [-0.2, 0) is 0 Å². The second kappa shape index (κ2) is 7.55. The van der Waals surface area contributed by atoms with Gasteiger partial charge in [-0.15, -0.1) is 0 Å².